The molecule has 2 aliphatic rings. The van der Waals surface area contributed by atoms with E-state index in [0.717, 1.165) is 23.2 Å². The van der Waals surface area contributed by atoms with Crippen molar-refractivity contribution in [2.75, 3.05) is 0 Å². The maximum Gasteiger partial charge on any atom is 0.126 e. The summed E-state index contributed by atoms with van der Waals surface area (Å²) >= 11 is 1.77. The Morgan fingerprint density at radius 1 is 1.29 bits per heavy atom. The molecule has 1 aromatic heterocycles. The van der Waals surface area contributed by atoms with Crippen LogP contribution in [-0.2, 0) is 6.54 Å². The van der Waals surface area contributed by atoms with Gasteiger partial charge in [0, 0.05) is 28.9 Å². The van der Waals surface area contributed by atoms with Gasteiger partial charge < -0.3 is 5.32 Å². The topological polar surface area (TPSA) is 24.9 Å². The van der Waals surface area contributed by atoms with Gasteiger partial charge in [-0.25, -0.2) is 9.37 Å². The van der Waals surface area contributed by atoms with E-state index in [4.69, 9.17) is 4.98 Å². The van der Waals surface area contributed by atoms with E-state index in [1.165, 1.54) is 36.3 Å². The van der Waals surface area contributed by atoms with Gasteiger partial charge in [-0.1, -0.05) is 0 Å². The van der Waals surface area contributed by atoms with Crippen molar-refractivity contribution in [3.63, 3.8) is 0 Å². The minimum absolute atomic E-state index is 0.145. The highest BCUT2D eigenvalue weighted by Gasteiger charge is 2.30. The molecule has 0 atom stereocenters. The lowest BCUT2D eigenvalue weighted by Gasteiger charge is -2.01. The molecule has 2 nitrogen and oxygen atoms in total. The van der Waals surface area contributed by atoms with Crippen LogP contribution in [0.4, 0.5) is 4.39 Å². The number of aromatic nitrogens is 1. The SMILES string of the molecule is Cc1cc(-c2nc(C3CC3)c(CNC3CC3)s2)ccc1F. The van der Waals surface area contributed by atoms with Crippen molar-refractivity contribution in [1.82, 2.24) is 10.3 Å². The van der Waals surface area contributed by atoms with Gasteiger partial charge in [0.2, 0.25) is 0 Å². The molecule has 0 spiro atoms. The summed E-state index contributed by atoms with van der Waals surface area (Å²) in [5.41, 5.74) is 3.01. The van der Waals surface area contributed by atoms with Crippen LogP contribution in [-0.4, -0.2) is 11.0 Å². The highest BCUT2D eigenvalue weighted by Crippen LogP contribution is 2.44. The molecule has 4 rings (SSSR count). The number of thiazole rings is 1. The molecule has 0 aliphatic heterocycles. The molecule has 2 aliphatic carbocycles. The van der Waals surface area contributed by atoms with Crippen LogP contribution in [0.15, 0.2) is 18.2 Å². The van der Waals surface area contributed by atoms with Gasteiger partial charge in [-0.05, 0) is 56.4 Å². The summed E-state index contributed by atoms with van der Waals surface area (Å²) in [5, 5.41) is 4.63. The molecule has 2 saturated carbocycles. The number of benzene rings is 1. The summed E-state index contributed by atoms with van der Waals surface area (Å²) in [4.78, 5) is 6.24. The fourth-order valence-corrected chi connectivity index (χ4v) is 3.69. The summed E-state index contributed by atoms with van der Waals surface area (Å²) in [6.45, 7) is 2.75. The van der Waals surface area contributed by atoms with E-state index in [9.17, 15) is 4.39 Å². The maximum absolute atomic E-state index is 13.4. The zero-order chi connectivity index (χ0) is 14.4. The van der Waals surface area contributed by atoms with Crippen molar-refractivity contribution in [2.45, 2.75) is 51.1 Å². The molecule has 1 aromatic carbocycles. The fraction of sp³-hybridized carbons (Fsp3) is 0.471. The first-order chi connectivity index (χ1) is 10.2. The van der Waals surface area contributed by atoms with Crippen LogP contribution in [0.2, 0.25) is 0 Å². The van der Waals surface area contributed by atoms with E-state index < -0.39 is 0 Å². The molecule has 0 amide bonds. The van der Waals surface area contributed by atoms with E-state index >= 15 is 0 Å². The van der Waals surface area contributed by atoms with E-state index in [-0.39, 0.29) is 5.82 Å². The molecule has 4 heteroatoms. The van der Waals surface area contributed by atoms with E-state index in [2.05, 4.69) is 5.32 Å². The Bertz CT molecular complexity index is 671. The van der Waals surface area contributed by atoms with Crippen LogP contribution in [0.1, 0.15) is 47.7 Å². The Balaban J connectivity index is 1.64. The maximum atomic E-state index is 13.4. The molecule has 0 unspecified atom stereocenters. The lowest BCUT2D eigenvalue weighted by Crippen LogP contribution is -2.15. The summed E-state index contributed by atoms with van der Waals surface area (Å²) < 4.78 is 13.4. The van der Waals surface area contributed by atoms with Gasteiger partial charge in [0.05, 0.1) is 5.69 Å². The first-order valence-corrected chi connectivity index (χ1v) is 8.52. The number of rotatable bonds is 5. The van der Waals surface area contributed by atoms with Crippen molar-refractivity contribution < 1.29 is 4.39 Å². The van der Waals surface area contributed by atoms with Crippen LogP contribution in [0.25, 0.3) is 10.6 Å². The number of halogens is 1. The largest absolute Gasteiger partial charge is 0.309 e. The minimum Gasteiger partial charge on any atom is -0.309 e. The molecule has 110 valence electrons. The molecular formula is C17H19FN2S. The molecular weight excluding hydrogens is 283 g/mol. The number of nitrogens with one attached hydrogen (secondary N) is 1. The predicted octanol–water partition coefficient (Wildman–Crippen LogP) is 4.39. The number of nitrogens with zero attached hydrogens (tertiary/aromatic N) is 1. The molecule has 0 radical (unpaired) electrons. The Morgan fingerprint density at radius 2 is 2.10 bits per heavy atom. The molecule has 21 heavy (non-hydrogen) atoms. The number of hydrogen-bond donors (Lipinski definition) is 1. The first kappa shape index (κ1) is 13.4. The molecule has 0 saturated heterocycles. The van der Waals surface area contributed by atoms with E-state index in [1.807, 2.05) is 19.1 Å². The van der Waals surface area contributed by atoms with Crippen molar-refractivity contribution in [3.05, 3.63) is 40.2 Å². The third-order valence-electron chi connectivity index (χ3n) is 4.23. The minimum atomic E-state index is -0.145. The zero-order valence-electron chi connectivity index (χ0n) is 12.2. The smallest absolute Gasteiger partial charge is 0.126 e. The van der Waals surface area contributed by atoms with Gasteiger partial charge in [-0.3, -0.25) is 0 Å². The highest BCUT2D eigenvalue weighted by molar-refractivity contribution is 7.15. The lowest BCUT2D eigenvalue weighted by atomic mass is 10.1. The third kappa shape index (κ3) is 2.87. The quantitative estimate of drug-likeness (QED) is 0.886. The summed E-state index contributed by atoms with van der Waals surface area (Å²) in [6.07, 6.45) is 5.15. The Morgan fingerprint density at radius 3 is 2.76 bits per heavy atom. The normalized spacial score (nSPS) is 18.2. The monoisotopic (exact) mass is 302 g/mol. The lowest BCUT2D eigenvalue weighted by molar-refractivity contribution is 0.619. The van der Waals surface area contributed by atoms with Crippen molar-refractivity contribution in [3.8, 4) is 10.6 Å². The number of aryl methyl sites for hydroxylation is 1. The molecule has 2 fully saturated rings. The Kier molecular flexibility index (Phi) is 3.31. The van der Waals surface area contributed by atoms with Crippen molar-refractivity contribution >= 4 is 11.3 Å². The highest BCUT2D eigenvalue weighted by atomic mass is 32.1. The average molecular weight is 302 g/mol. The molecule has 1 heterocycles. The second-order valence-corrected chi connectivity index (χ2v) is 7.30. The molecule has 0 bridgehead atoms. The van der Waals surface area contributed by atoms with Crippen molar-refractivity contribution in [2.24, 2.45) is 0 Å². The predicted molar refractivity (Wildman–Crippen MR) is 84.1 cm³/mol. The third-order valence-corrected chi connectivity index (χ3v) is 5.35. The second kappa shape index (κ2) is 5.18. The van der Waals surface area contributed by atoms with Gasteiger partial charge in [0.15, 0.2) is 0 Å². The van der Waals surface area contributed by atoms with Gasteiger partial charge in [-0.2, -0.15) is 0 Å². The summed E-state index contributed by atoms with van der Waals surface area (Å²) in [7, 11) is 0. The Hall–Kier alpha value is -1.26. The van der Waals surface area contributed by atoms with Gasteiger partial charge in [-0.15, -0.1) is 11.3 Å². The van der Waals surface area contributed by atoms with Crippen molar-refractivity contribution in [1.29, 1.82) is 0 Å². The van der Waals surface area contributed by atoms with Crippen LogP contribution < -0.4 is 5.32 Å². The second-order valence-electron chi connectivity index (χ2n) is 6.22. The van der Waals surface area contributed by atoms with Gasteiger partial charge in [0.1, 0.15) is 10.8 Å². The summed E-state index contributed by atoms with van der Waals surface area (Å²) in [6, 6.07) is 6.01. The zero-order valence-corrected chi connectivity index (χ0v) is 13.0. The number of hydrogen-bond acceptors (Lipinski definition) is 3. The van der Waals surface area contributed by atoms with Crippen LogP contribution in [0, 0.1) is 12.7 Å². The van der Waals surface area contributed by atoms with Gasteiger partial charge >= 0.3 is 0 Å². The molecule has 1 N–H and O–H groups in total. The van der Waals surface area contributed by atoms with Gasteiger partial charge in [0.25, 0.3) is 0 Å². The van der Waals surface area contributed by atoms with Crippen LogP contribution in [0.3, 0.4) is 0 Å². The van der Waals surface area contributed by atoms with Crippen LogP contribution >= 0.6 is 11.3 Å². The Labute approximate surface area is 128 Å². The fourth-order valence-electron chi connectivity index (χ4n) is 2.59. The molecule has 2 aromatic rings. The summed E-state index contributed by atoms with van der Waals surface area (Å²) in [5.74, 6) is 0.515. The first-order valence-electron chi connectivity index (χ1n) is 7.70. The van der Waals surface area contributed by atoms with E-state index in [0.29, 0.717) is 11.5 Å². The van der Waals surface area contributed by atoms with Crippen LogP contribution in [0.5, 0.6) is 0 Å². The standard InChI is InChI=1S/C17H19FN2S/c1-10-8-12(4-7-14(10)18)17-20-16(11-2-3-11)15(21-17)9-19-13-5-6-13/h4,7-8,11,13,19H,2-3,5-6,9H2,1H3. The average Bonchev–Trinajstić information content (AvgIpc) is 3.39. The van der Waals surface area contributed by atoms with E-state index in [1.54, 1.807) is 17.4 Å².